The molecule has 2 rings (SSSR count). The van der Waals surface area contributed by atoms with E-state index >= 15 is 0 Å². The summed E-state index contributed by atoms with van der Waals surface area (Å²) >= 11 is 3.50. The zero-order chi connectivity index (χ0) is 14.4. The van der Waals surface area contributed by atoms with E-state index < -0.39 is 0 Å². The molecule has 112 valence electrons. The van der Waals surface area contributed by atoms with Crippen molar-refractivity contribution in [1.82, 2.24) is 10.3 Å². The van der Waals surface area contributed by atoms with E-state index in [0.717, 1.165) is 36.4 Å². The van der Waals surface area contributed by atoms with Crippen molar-refractivity contribution in [2.75, 3.05) is 13.2 Å². The second kappa shape index (κ2) is 8.11. The molecular formula is C16H25BrN2O. The van der Waals surface area contributed by atoms with E-state index in [0.29, 0.717) is 12.1 Å². The summed E-state index contributed by atoms with van der Waals surface area (Å²) in [4.78, 5) is 4.27. The molecule has 1 aliphatic rings. The minimum atomic E-state index is 0.338. The van der Waals surface area contributed by atoms with Crippen LogP contribution in [0.15, 0.2) is 22.9 Å². The second-order valence-corrected chi connectivity index (χ2v) is 6.45. The largest absolute Gasteiger partial charge is 0.377 e. The molecule has 1 fully saturated rings. The third-order valence-electron chi connectivity index (χ3n) is 3.72. The van der Waals surface area contributed by atoms with Gasteiger partial charge < -0.3 is 10.1 Å². The van der Waals surface area contributed by atoms with E-state index in [1.165, 1.54) is 18.4 Å². The third-order valence-corrected chi connectivity index (χ3v) is 4.15. The zero-order valence-electron chi connectivity index (χ0n) is 12.4. The van der Waals surface area contributed by atoms with Gasteiger partial charge in [0.2, 0.25) is 0 Å². The van der Waals surface area contributed by atoms with E-state index in [4.69, 9.17) is 4.74 Å². The van der Waals surface area contributed by atoms with Gasteiger partial charge in [0.05, 0.1) is 6.10 Å². The summed E-state index contributed by atoms with van der Waals surface area (Å²) in [6, 6.07) is 2.54. The first-order valence-corrected chi connectivity index (χ1v) is 8.48. The minimum absolute atomic E-state index is 0.338. The van der Waals surface area contributed by atoms with E-state index in [9.17, 15) is 0 Å². The Morgan fingerprint density at radius 2 is 2.20 bits per heavy atom. The quantitative estimate of drug-likeness (QED) is 0.746. The molecule has 0 aliphatic heterocycles. The molecule has 0 saturated heterocycles. The Kier molecular flexibility index (Phi) is 6.46. The number of pyridine rings is 1. The lowest BCUT2D eigenvalue weighted by Crippen LogP contribution is -2.44. The molecule has 1 heterocycles. The van der Waals surface area contributed by atoms with Crippen LogP contribution in [0.2, 0.25) is 0 Å². The second-order valence-electron chi connectivity index (χ2n) is 5.53. The first-order valence-electron chi connectivity index (χ1n) is 7.69. The van der Waals surface area contributed by atoms with Gasteiger partial charge >= 0.3 is 0 Å². The summed E-state index contributed by atoms with van der Waals surface area (Å²) in [7, 11) is 0. The number of nitrogens with one attached hydrogen (secondary N) is 1. The molecule has 1 aliphatic carbocycles. The standard InChI is InChI=1S/C16H25BrN2O/c1-3-7-19-15(16(20-4-2)13-5-6-13)9-12-8-14(17)11-18-10-12/h8,10-11,13,15-16,19H,3-7,9H2,1-2H3. The number of hydrogen-bond acceptors (Lipinski definition) is 3. The number of aromatic nitrogens is 1. The van der Waals surface area contributed by atoms with Gasteiger partial charge in [-0.05, 0) is 72.6 Å². The van der Waals surface area contributed by atoms with Crippen LogP contribution in [0.3, 0.4) is 0 Å². The topological polar surface area (TPSA) is 34.2 Å². The van der Waals surface area contributed by atoms with E-state index in [-0.39, 0.29) is 0 Å². The Morgan fingerprint density at radius 3 is 2.80 bits per heavy atom. The van der Waals surface area contributed by atoms with Crippen LogP contribution in [0.1, 0.15) is 38.7 Å². The Hall–Kier alpha value is -0.450. The van der Waals surface area contributed by atoms with Crippen LogP contribution in [0.25, 0.3) is 0 Å². The Bertz CT molecular complexity index is 409. The van der Waals surface area contributed by atoms with Gasteiger partial charge in [0.1, 0.15) is 0 Å². The van der Waals surface area contributed by atoms with Crippen molar-refractivity contribution >= 4 is 15.9 Å². The molecule has 2 unspecified atom stereocenters. The fourth-order valence-electron chi connectivity index (χ4n) is 2.65. The zero-order valence-corrected chi connectivity index (χ0v) is 14.0. The normalized spacial score (nSPS) is 17.9. The van der Waals surface area contributed by atoms with E-state index in [1.54, 1.807) is 0 Å². The smallest absolute Gasteiger partial charge is 0.0759 e. The number of ether oxygens (including phenoxy) is 1. The molecule has 1 aromatic rings. The van der Waals surface area contributed by atoms with E-state index in [1.807, 2.05) is 12.4 Å². The van der Waals surface area contributed by atoms with Crippen molar-refractivity contribution in [1.29, 1.82) is 0 Å². The SMILES string of the molecule is CCCNC(Cc1cncc(Br)c1)C(OCC)C1CC1. The van der Waals surface area contributed by atoms with Gasteiger partial charge in [-0.2, -0.15) is 0 Å². The van der Waals surface area contributed by atoms with Crippen molar-refractivity contribution in [3.8, 4) is 0 Å². The average Bonchev–Trinajstić information content (AvgIpc) is 3.25. The number of halogens is 1. The summed E-state index contributed by atoms with van der Waals surface area (Å²) in [5.41, 5.74) is 1.26. The Balaban J connectivity index is 2.05. The van der Waals surface area contributed by atoms with Crippen molar-refractivity contribution < 1.29 is 4.74 Å². The highest BCUT2D eigenvalue weighted by Gasteiger charge is 2.37. The number of rotatable bonds is 9. The fraction of sp³-hybridized carbons (Fsp3) is 0.688. The maximum Gasteiger partial charge on any atom is 0.0759 e. The molecule has 1 aromatic heterocycles. The lowest BCUT2D eigenvalue weighted by atomic mass is 9.99. The Morgan fingerprint density at radius 1 is 1.40 bits per heavy atom. The first kappa shape index (κ1) is 15.9. The van der Waals surface area contributed by atoms with Crippen molar-refractivity contribution in [3.05, 3.63) is 28.5 Å². The van der Waals surface area contributed by atoms with Crippen LogP contribution in [-0.4, -0.2) is 30.3 Å². The van der Waals surface area contributed by atoms with Gasteiger partial charge in [0.15, 0.2) is 0 Å². The highest BCUT2D eigenvalue weighted by Crippen LogP contribution is 2.36. The molecule has 1 N–H and O–H groups in total. The van der Waals surface area contributed by atoms with Gasteiger partial charge in [-0.25, -0.2) is 0 Å². The Labute approximate surface area is 130 Å². The maximum absolute atomic E-state index is 6.03. The summed E-state index contributed by atoms with van der Waals surface area (Å²) in [6.07, 6.45) is 8.88. The van der Waals surface area contributed by atoms with Crippen LogP contribution in [0, 0.1) is 5.92 Å². The minimum Gasteiger partial charge on any atom is -0.377 e. The van der Waals surface area contributed by atoms with Gasteiger partial charge in [-0.1, -0.05) is 6.92 Å². The van der Waals surface area contributed by atoms with Gasteiger partial charge in [-0.3, -0.25) is 4.98 Å². The molecule has 0 radical (unpaired) electrons. The fourth-order valence-corrected chi connectivity index (χ4v) is 3.07. The maximum atomic E-state index is 6.03. The summed E-state index contributed by atoms with van der Waals surface area (Å²) < 4.78 is 7.08. The molecule has 0 spiro atoms. The lowest BCUT2D eigenvalue weighted by Gasteiger charge is -2.28. The van der Waals surface area contributed by atoms with Crippen LogP contribution >= 0.6 is 15.9 Å². The molecule has 20 heavy (non-hydrogen) atoms. The number of nitrogens with zero attached hydrogens (tertiary/aromatic N) is 1. The first-order chi connectivity index (χ1) is 9.74. The van der Waals surface area contributed by atoms with Gasteiger partial charge in [-0.15, -0.1) is 0 Å². The molecule has 1 saturated carbocycles. The molecule has 2 atom stereocenters. The predicted molar refractivity (Wildman–Crippen MR) is 85.9 cm³/mol. The predicted octanol–water partition coefficient (Wildman–Crippen LogP) is 3.57. The van der Waals surface area contributed by atoms with Gasteiger partial charge in [0.25, 0.3) is 0 Å². The summed E-state index contributed by atoms with van der Waals surface area (Å²) in [5.74, 6) is 0.740. The average molecular weight is 341 g/mol. The number of hydrogen-bond donors (Lipinski definition) is 1. The van der Waals surface area contributed by atoms with Crippen LogP contribution in [0.4, 0.5) is 0 Å². The highest BCUT2D eigenvalue weighted by molar-refractivity contribution is 9.10. The van der Waals surface area contributed by atoms with Crippen LogP contribution in [-0.2, 0) is 11.2 Å². The molecule has 0 amide bonds. The monoisotopic (exact) mass is 340 g/mol. The van der Waals surface area contributed by atoms with Gasteiger partial charge in [0, 0.05) is 29.5 Å². The van der Waals surface area contributed by atoms with Crippen molar-refractivity contribution in [2.24, 2.45) is 5.92 Å². The van der Waals surface area contributed by atoms with Crippen LogP contribution in [0.5, 0.6) is 0 Å². The third kappa shape index (κ3) is 4.83. The molecule has 4 heteroatoms. The summed E-state index contributed by atoms with van der Waals surface area (Å²) in [5, 5.41) is 3.68. The van der Waals surface area contributed by atoms with Crippen molar-refractivity contribution in [2.45, 2.75) is 51.7 Å². The van der Waals surface area contributed by atoms with Crippen molar-refractivity contribution in [3.63, 3.8) is 0 Å². The summed E-state index contributed by atoms with van der Waals surface area (Å²) in [6.45, 7) is 6.13. The molecule has 0 aromatic carbocycles. The molecular weight excluding hydrogens is 316 g/mol. The lowest BCUT2D eigenvalue weighted by molar-refractivity contribution is 0.0192. The molecule has 0 bridgehead atoms. The highest BCUT2D eigenvalue weighted by atomic mass is 79.9. The van der Waals surface area contributed by atoms with Crippen LogP contribution < -0.4 is 5.32 Å². The van der Waals surface area contributed by atoms with E-state index in [2.05, 4.69) is 46.1 Å². The molecule has 3 nitrogen and oxygen atoms in total.